The van der Waals surface area contributed by atoms with Crippen molar-refractivity contribution in [3.8, 4) is 0 Å². The molecule has 0 aliphatic carbocycles. The minimum atomic E-state index is -0.147. The average molecular weight is 381 g/mol. The summed E-state index contributed by atoms with van der Waals surface area (Å²) in [5.74, 6) is -0.0770. The number of benzene rings is 1. The Morgan fingerprint density at radius 1 is 1.04 bits per heavy atom. The molecule has 0 radical (unpaired) electrons. The highest BCUT2D eigenvalue weighted by Gasteiger charge is 2.19. The van der Waals surface area contributed by atoms with Crippen molar-refractivity contribution >= 4 is 16.9 Å². The maximum absolute atomic E-state index is 13.1. The number of imidazole rings is 1. The normalized spacial score (nSPS) is 11.3. The number of hydrogen-bond acceptors (Lipinski definition) is 4. The van der Waals surface area contributed by atoms with Gasteiger partial charge in [0.05, 0.1) is 11.0 Å². The first-order chi connectivity index (χ1) is 13.5. The van der Waals surface area contributed by atoms with E-state index in [4.69, 9.17) is 0 Å². The molecule has 3 rings (SSSR count). The first-order valence-electron chi connectivity index (χ1n) is 9.50. The van der Waals surface area contributed by atoms with Gasteiger partial charge in [-0.15, -0.1) is 0 Å². The van der Waals surface area contributed by atoms with E-state index in [0.29, 0.717) is 19.6 Å². The van der Waals surface area contributed by atoms with Crippen LogP contribution in [-0.2, 0) is 24.4 Å². The van der Waals surface area contributed by atoms with Crippen LogP contribution in [0.1, 0.15) is 12.5 Å². The number of para-hydroxylation sites is 2. The van der Waals surface area contributed by atoms with Gasteiger partial charge in [0.25, 0.3) is 0 Å². The summed E-state index contributed by atoms with van der Waals surface area (Å²) in [6.45, 7) is 4.34. The molecule has 0 bridgehead atoms. The quantitative estimate of drug-likeness (QED) is 0.597. The highest BCUT2D eigenvalue weighted by Crippen LogP contribution is 2.13. The number of hydrogen-bond donors (Lipinski definition) is 0. The molecular weight excluding hydrogens is 354 g/mol. The van der Waals surface area contributed by atoms with Gasteiger partial charge >= 0.3 is 5.69 Å². The zero-order valence-corrected chi connectivity index (χ0v) is 16.7. The molecule has 0 atom stereocenters. The third-order valence-corrected chi connectivity index (χ3v) is 4.80. The van der Waals surface area contributed by atoms with Crippen LogP contribution >= 0.6 is 0 Å². The zero-order chi connectivity index (χ0) is 20.1. The van der Waals surface area contributed by atoms with E-state index in [-0.39, 0.29) is 18.1 Å². The standard InChI is InChI=1S/C21H27N5O2/c1-4-25-18-9-5-6-10-19(18)26(21(25)28)16-20(27)24(13-12-23(2)3)15-17-8-7-11-22-14-17/h5-11,14H,4,12-13,15-16H2,1-3H3. The van der Waals surface area contributed by atoms with E-state index in [1.54, 1.807) is 26.4 Å². The van der Waals surface area contributed by atoms with E-state index in [1.807, 2.05) is 62.3 Å². The van der Waals surface area contributed by atoms with E-state index in [1.165, 1.54) is 0 Å². The molecule has 2 heterocycles. The van der Waals surface area contributed by atoms with Gasteiger partial charge in [-0.3, -0.25) is 18.9 Å². The molecule has 0 aliphatic rings. The van der Waals surface area contributed by atoms with Crippen molar-refractivity contribution in [2.75, 3.05) is 27.2 Å². The van der Waals surface area contributed by atoms with Crippen LogP contribution in [-0.4, -0.2) is 57.0 Å². The van der Waals surface area contributed by atoms with Gasteiger partial charge in [-0.25, -0.2) is 4.79 Å². The average Bonchev–Trinajstić information content (AvgIpc) is 2.96. The molecule has 3 aromatic rings. The van der Waals surface area contributed by atoms with Gasteiger partial charge in [-0.1, -0.05) is 18.2 Å². The van der Waals surface area contributed by atoms with Crippen LogP contribution in [0.2, 0.25) is 0 Å². The van der Waals surface area contributed by atoms with E-state index in [0.717, 1.165) is 23.1 Å². The third kappa shape index (κ3) is 4.31. The molecule has 7 nitrogen and oxygen atoms in total. The van der Waals surface area contributed by atoms with Gasteiger partial charge in [-0.05, 0) is 44.8 Å². The van der Waals surface area contributed by atoms with Gasteiger partial charge in [0.1, 0.15) is 6.54 Å². The lowest BCUT2D eigenvalue weighted by molar-refractivity contribution is -0.132. The van der Waals surface area contributed by atoms with E-state index >= 15 is 0 Å². The van der Waals surface area contributed by atoms with Gasteiger partial charge < -0.3 is 9.80 Å². The van der Waals surface area contributed by atoms with Crippen molar-refractivity contribution in [1.29, 1.82) is 0 Å². The topological polar surface area (TPSA) is 63.4 Å². The number of fused-ring (bicyclic) bond motifs is 1. The van der Waals surface area contributed by atoms with E-state index in [2.05, 4.69) is 4.98 Å². The lowest BCUT2D eigenvalue weighted by atomic mass is 10.2. The van der Waals surface area contributed by atoms with Crippen LogP contribution in [0.3, 0.4) is 0 Å². The lowest BCUT2D eigenvalue weighted by Crippen LogP contribution is -2.40. The van der Waals surface area contributed by atoms with E-state index in [9.17, 15) is 9.59 Å². The lowest BCUT2D eigenvalue weighted by Gasteiger charge is -2.24. The molecule has 0 spiro atoms. The first-order valence-corrected chi connectivity index (χ1v) is 9.50. The van der Waals surface area contributed by atoms with Crippen LogP contribution < -0.4 is 5.69 Å². The van der Waals surface area contributed by atoms with Crippen molar-refractivity contribution in [3.63, 3.8) is 0 Å². The Morgan fingerprint density at radius 2 is 1.75 bits per heavy atom. The van der Waals surface area contributed by atoms with Crippen molar-refractivity contribution in [1.82, 2.24) is 23.9 Å². The molecule has 0 saturated heterocycles. The summed E-state index contributed by atoms with van der Waals surface area (Å²) in [4.78, 5) is 34.0. The maximum Gasteiger partial charge on any atom is 0.329 e. The van der Waals surface area contributed by atoms with Crippen LogP contribution in [0, 0.1) is 0 Å². The minimum absolute atomic E-state index is 0.0278. The van der Waals surface area contributed by atoms with Crippen LogP contribution in [0.4, 0.5) is 0 Å². The Morgan fingerprint density at radius 3 is 2.36 bits per heavy atom. The van der Waals surface area contributed by atoms with Crippen LogP contribution in [0.15, 0.2) is 53.6 Å². The molecule has 0 N–H and O–H groups in total. The third-order valence-electron chi connectivity index (χ3n) is 4.80. The molecule has 1 amide bonds. The number of pyridine rings is 1. The van der Waals surface area contributed by atoms with Crippen LogP contribution in [0.25, 0.3) is 11.0 Å². The smallest absolute Gasteiger partial charge is 0.329 e. The van der Waals surface area contributed by atoms with Gasteiger partial charge in [0, 0.05) is 38.6 Å². The SMILES string of the molecule is CCn1c(=O)n(CC(=O)N(CCN(C)C)Cc2cccnc2)c2ccccc21. The van der Waals surface area contributed by atoms with Crippen molar-refractivity contribution < 1.29 is 4.79 Å². The summed E-state index contributed by atoms with van der Waals surface area (Å²) in [6.07, 6.45) is 3.49. The highest BCUT2D eigenvalue weighted by molar-refractivity contribution is 5.81. The van der Waals surface area contributed by atoms with E-state index < -0.39 is 0 Å². The Labute approximate surface area is 164 Å². The second kappa shape index (κ2) is 8.84. The summed E-state index contributed by atoms with van der Waals surface area (Å²) in [5, 5.41) is 0. The number of rotatable bonds is 8. The molecule has 148 valence electrons. The largest absolute Gasteiger partial charge is 0.335 e. The fraction of sp³-hybridized carbons (Fsp3) is 0.381. The predicted octanol–water partition coefficient (Wildman–Crippen LogP) is 1.81. The number of carbonyl (C=O) groups excluding carboxylic acids is 1. The maximum atomic E-state index is 13.1. The zero-order valence-electron chi connectivity index (χ0n) is 16.7. The number of carbonyl (C=O) groups is 1. The minimum Gasteiger partial charge on any atom is -0.335 e. The molecule has 28 heavy (non-hydrogen) atoms. The van der Waals surface area contributed by atoms with Gasteiger partial charge in [-0.2, -0.15) is 0 Å². The summed E-state index contributed by atoms with van der Waals surface area (Å²) in [6, 6.07) is 11.4. The Hall–Kier alpha value is -2.93. The summed E-state index contributed by atoms with van der Waals surface area (Å²) >= 11 is 0. The Balaban J connectivity index is 1.88. The molecule has 7 heteroatoms. The molecule has 0 fully saturated rings. The fourth-order valence-electron chi connectivity index (χ4n) is 3.29. The fourth-order valence-corrected chi connectivity index (χ4v) is 3.29. The molecule has 0 saturated carbocycles. The van der Waals surface area contributed by atoms with Crippen molar-refractivity contribution in [2.24, 2.45) is 0 Å². The first kappa shape index (κ1) is 19.8. The molecule has 0 aliphatic heterocycles. The molecule has 0 unspecified atom stereocenters. The number of likely N-dealkylation sites (N-methyl/N-ethyl adjacent to an activating group) is 1. The monoisotopic (exact) mass is 381 g/mol. The van der Waals surface area contributed by atoms with Gasteiger partial charge in [0.2, 0.25) is 5.91 Å². The second-order valence-corrected chi connectivity index (χ2v) is 7.08. The van der Waals surface area contributed by atoms with Crippen LogP contribution in [0.5, 0.6) is 0 Å². The summed E-state index contributed by atoms with van der Waals surface area (Å²) in [7, 11) is 3.96. The Bertz CT molecular complexity index is 991. The predicted molar refractivity (Wildman–Crippen MR) is 110 cm³/mol. The molecule has 1 aromatic carbocycles. The summed E-state index contributed by atoms with van der Waals surface area (Å²) < 4.78 is 3.28. The summed E-state index contributed by atoms with van der Waals surface area (Å²) in [5.41, 5.74) is 2.47. The number of aromatic nitrogens is 3. The van der Waals surface area contributed by atoms with Crippen molar-refractivity contribution in [3.05, 3.63) is 64.8 Å². The highest BCUT2D eigenvalue weighted by atomic mass is 16.2. The Kier molecular flexibility index (Phi) is 6.26. The number of amides is 1. The molecular formula is C21H27N5O2. The van der Waals surface area contributed by atoms with Gasteiger partial charge in [0.15, 0.2) is 0 Å². The number of aryl methyl sites for hydroxylation is 1. The van der Waals surface area contributed by atoms with Crippen molar-refractivity contribution in [2.45, 2.75) is 26.6 Å². The second-order valence-electron chi connectivity index (χ2n) is 7.08. The molecule has 2 aromatic heterocycles. The number of nitrogens with zero attached hydrogens (tertiary/aromatic N) is 5.